The van der Waals surface area contributed by atoms with E-state index in [9.17, 15) is 33.6 Å². The van der Waals surface area contributed by atoms with Crippen molar-refractivity contribution in [2.45, 2.75) is 57.4 Å². The van der Waals surface area contributed by atoms with Gasteiger partial charge in [0.1, 0.15) is 6.04 Å². The Morgan fingerprint density at radius 1 is 0.655 bits per heavy atom. The van der Waals surface area contributed by atoms with Gasteiger partial charge in [0, 0.05) is 72.0 Å². The lowest BCUT2D eigenvalue weighted by Crippen LogP contribution is -2.47. The molecular weight excluding hydrogens is 702 g/mol. The minimum atomic E-state index is -0.851. The van der Waals surface area contributed by atoms with Crippen molar-refractivity contribution in [3.05, 3.63) is 70.8 Å². The van der Waals surface area contributed by atoms with Crippen LogP contribution >= 0.6 is 0 Å². The Morgan fingerprint density at radius 2 is 1.11 bits per heavy atom. The molecule has 9 rings (SSSR count). The number of nitrogens with one attached hydrogen (secondary N) is 3. The largest absolute Gasteiger partial charge is 0.356 e. The number of carbonyl (C=O) groups is 7. The molecule has 14 heteroatoms. The molecule has 0 fully saturated rings. The van der Waals surface area contributed by atoms with Gasteiger partial charge in [0.25, 0.3) is 23.6 Å². The van der Waals surface area contributed by atoms with E-state index in [4.69, 9.17) is 0 Å². The lowest BCUT2D eigenvalue weighted by molar-refractivity contribution is -0.130. The summed E-state index contributed by atoms with van der Waals surface area (Å²) in [7, 11) is 3.85. The van der Waals surface area contributed by atoms with Crippen LogP contribution in [0.2, 0.25) is 0 Å². The second-order valence-electron chi connectivity index (χ2n) is 14.9. The number of benzene rings is 2. The summed E-state index contributed by atoms with van der Waals surface area (Å²) in [5, 5.41) is 9.40. The molecule has 55 heavy (non-hydrogen) atoms. The van der Waals surface area contributed by atoms with E-state index in [1.807, 2.05) is 38.4 Å². The van der Waals surface area contributed by atoms with Gasteiger partial charge in [0.05, 0.1) is 0 Å². The molecule has 2 aromatic rings. The van der Waals surface area contributed by atoms with Gasteiger partial charge in [-0.15, -0.1) is 0 Å². The number of fused-ring (bicyclic) bond motifs is 2. The maximum atomic E-state index is 13.7. The summed E-state index contributed by atoms with van der Waals surface area (Å²) in [5.74, 6) is -2.38. The van der Waals surface area contributed by atoms with E-state index in [1.165, 1.54) is 9.80 Å². The van der Waals surface area contributed by atoms with Crippen LogP contribution in [0.25, 0.3) is 10.8 Å². The molecule has 1 atom stereocenters. The minimum absolute atomic E-state index is 0.0737. The molecule has 292 valence electrons. The van der Waals surface area contributed by atoms with Crippen LogP contribution in [0.15, 0.2) is 48.6 Å². The van der Waals surface area contributed by atoms with E-state index in [0.717, 1.165) is 0 Å². The van der Waals surface area contributed by atoms with Crippen molar-refractivity contribution < 1.29 is 33.6 Å². The van der Waals surface area contributed by atoms with Crippen LogP contribution in [-0.4, -0.2) is 133 Å². The molecule has 0 radical (unpaired) electrons. The Hall–Kier alpha value is -5.21. The van der Waals surface area contributed by atoms with Crippen molar-refractivity contribution in [2.24, 2.45) is 5.92 Å². The second-order valence-corrected chi connectivity index (χ2v) is 14.9. The van der Waals surface area contributed by atoms with E-state index in [-0.39, 0.29) is 56.0 Å². The van der Waals surface area contributed by atoms with Crippen LogP contribution in [0.5, 0.6) is 0 Å². The Labute approximate surface area is 321 Å². The molecule has 6 heterocycles. The lowest BCUT2D eigenvalue weighted by Gasteiger charge is -2.32. The minimum Gasteiger partial charge on any atom is -0.356 e. The van der Waals surface area contributed by atoms with E-state index < -0.39 is 29.7 Å². The maximum absolute atomic E-state index is 13.7. The molecule has 0 saturated carbocycles. The number of allylic oxidation sites excluding steroid dienone is 4. The fourth-order valence-corrected chi connectivity index (χ4v) is 7.73. The molecule has 2 aromatic carbocycles. The van der Waals surface area contributed by atoms with Gasteiger partial charge in [-0.25, -0.2) is 0 Å². The highest BCUT2D eigenvalue weighted by atomic mass is 16.2. The first-order chi connectivity index (χ1) is 26.5. The van der Waals surface area contributed by atoms with Crippen LogP contribution < -0.4 is 16.0 Å². The average Bonchev–Trinajstić information content (AvgIpc) is 3.70. The number of carbonyl (C=O) groups excluding carboxylic acids is 7. The van der Waals surface area contributed by atoms with Crippen LogP contribution in [-0.2, 0) is 14.4 Å². The molecular formula is C41H51N7O7. The quantitative estimate of drug-likeness (QED) is 0.398. The molecule has 0 aromatic heterocycles. The summed E-state index contributed by atoms with van der Waals surface area (Å²) >= 11 is 0. The van der Waals surface area contributed by atoms with Crippen LogP contribution in [0, 0.1) is 5.92 Å². The average molecular weight is 754 g/mol. The van der Waals surface area contributed by atoms with Crippen molar-refractivity contribution >= 4 is 52.1 Å². The van der Waals surface area contributed by atoms with Crippen molar-refractivity contribution in [1.82, 2.24) is 35.6 Å². The molecule has 14 nitrogen and oxygen atoms in total. The fraction of sp³-hybridized carbons (Fsp3) is 0.488. The van der Waals surface area contributed by atoms with Gasteiger partial charge in [-0.05, 0) is 109 Å². The van der Waals surface area contributed by atoms with E-state index in [2.05, 4.69) is 25.8 Å². The molecule has 8 bridgehead atoms. The number of imide groups is 2. The smallest absolute Gasteiger partial charge is 0.261 e. The van der Waals surface area contributed by atoms with Crippen LogP contribution in [0.4, 0.5) is 0 Å². The third-order valence-electron chi connectivity index (χ3n) is 10.8. The Morgan fingerprint density at radius 3 is 1.60 bits per heavy atom. The zero-order valence-corrected chi connectivity index (χ0v) is 31.7. The van der Waals surface area contributed by atoms with Gasteiger partial charge in [-0.2, -0.15) is 0 Å². The monoisotopic (exact) mass is 753 g/mol. The fourth-order valence-electron chi connectivity index (χ4n) is 7.73. The summed E-state index contributed by atoms with van der Waals surface area (Å²) in [4.78, 5) is 100. The van der Waals surface area contributed by atoms with Gasteiger partial charge in [-0.3, -0.25) is 43.4 Å². The third kappa shape index (κ3) is 9.19. The molecule has 0 saturated heterocycles. The molecule has 7 amide bonds. The first-order valence-electron chi connectivity index (χ1n) is 19.4. The first-order valence-corrected chi connectivity index (χ1v) is 19.4. The molecule has 0 unspecified atom stereocenters. The molecule has 7 aliphatic rings. The van der Waals surface area contributed by atoms with Crippen molar-refractivity contribution in [1.29, 1.82) is 0 Å². The highest BCUT2D eigenvalue weighted by Crippen LogP contribution is 2.38. The molecule has 6 aliphatic heterocycles. The number of rotatable bonds is 4. The van der Waals surface area contributed by atoms with Crippen LogP contribution in [0.3, 0.4) is 0 Å². The van der Waals surface area contributed by atoms with Gasteiger partial charge in [0.2, 0.25) is 17.7 Å². The molecule has 3 N–H and O–H groups in total. The number of hydrogen-bond acceptors (Lipinski definition) is 9. The summed E-state index contributed by atoms with van der Waals surface area (Å²) in [6.45, 7) is 3.66. The summed E-state index contributed by atoms with van der Waals surface area (Å²) in [6.07, 6.45) is 11.4. The second kappa shape index (κ2) is 17.9. The summed E-state index contributed by atoms with van der Waals surface area (Å²) in [5.41, 5.74) is 1.21. The maximum Gasteiger partial charge on any atom is 0.261 e. The normalized spacial score (nSPS) is 21.8. The summed E-state index contributed by atoms with van der Waals surface area (Å²) in [6, 6.07) is 5.50. The Kier molecular flexibility index (Phi) is 12.9. The zero-order chi connectivity index (χ0) is 39.1. The molecule has 0 spiro atoms. The predicted molar refractivity (Wildman–Crippen MR) is 206 cm³/mol. The van der Waals surface area contributed by atoms with Crippen molar-refractivity contribution in [3.63, 3.8) is 0 Å². The Bertz CT molecular complexity index is 1840. The zero-order valence-electron chi connectivity index (χ0n) is 31.7. The predicted octanol–water partition coefficient (Wildman–Crippen LogP) is 2.49. The summed E-state index contributed by atoms with van der Waals surface area (Å²) < 4.78 is 0. The topological polar surface area (TPSA) is 169 Å². The third-order valence-corrected chi connectivity index (χ3v) is 10.8. The van der Waals surface area contributed by atoms with Crippen LogP contribution in [0.1, 0.15) is 92.8 Å². The number of amides is 7. The van der Waals surface area contributed by atoms with E-state index in [0.29, 0.717) is 104 Å². The highest BCUT2D eigenvalue weighted by Gasteiger charge is 2.39. The lowest BCUT2D eigenvalue weighted by atomic mass is 9.86. The first kappa shape index (κ1) is 39.5. The van der Waals surface area contributed by atoms with Gasteiger partial charge >= 0.3 is 0 Å². The standard InChI is InChI=1S/C41H51N7O7/c1-45-21-5-19-42-33(49)18-16-32(44-34(50)17-11-27-9-3-4-10-27)37(51)43-20-6-22-46(2)24-8-26-48-40(54)30-14-12-28-35-29(13-15-31(36(30)35)41(48)55)39(53)47(38(28)52)25-7-23-45/h3-4,9-10,12-15,27,32H,5-8,11,16-26H2,1-2H3,(H,42,49)(H,43,51)(H,44,50)/t32-/m1/s1. The van der Waals surface area contributed by atoms with Gasteiger partial charge < -0.3 is 25.8 Å². The van der Waals surface area contributed by atoms with E-state index in [1.54, 1.807) is 24.3 Å². The SMILES string of the molecule is CN1CCCNC(=O)CC[C@@H](NC(=O)CCC2C=CC=C2)C(=O)NCCCN(C)CCCN2C(=O)c3ccc4c5c(ccc(c35)C2=O)C(=O)N(CCC1)C4=O. The van der Waals surface area contributed by atoms with E-state index >= 15 is 0 Å². The van der Waals surface area contributed by atoms with Crippen molar-refractivity contribution in [2.75, 3.05) is 66.5 Å². The highest BCUT2D eigenvalue weighted by molar-refractivity contribution is 6.33. The number of hydrogen-bond donors (Lipinski definition) is 3. The van der Waals surface area contributed by atoms with Gasteiger partial charge in [-0.1, -0.05) is 24.3 Å². The Balaban J connectivity index is 1.12. The van der Waals surface area contributed by atoms with Crippen molar-refractivity contribution in [3.8, 4) is 0 Å². The number of nitrogens with zero attached hydrogens (tertiary/aromatic N) is 4. The molecule has 1 aliphatic carbocycles. The van der Waals surface area contributed by atoms with Gasteiger partial charge in [0.15, 0.2) is 0 Å².